The van der Waals surface area contributed by atoms with Crippen LogP contribution in [0.1, 0.15) is 13.3 Å². The van der Waals surface area contributed by atoms with Crippen LogP contribution >= 0.6 is 0 Å². The molecule has 1 amide bonds. The number of nitrogens with one attached hydrogen (secondary N) is 1. The van der Waals surface area contributed by atoms with Crippen LogP contribution in [0.3, 0.4) is 0 Å². The molecule has 1 N–H and O–H groups in total. The molecule has 0 bridgehead atoms. The summed E-state index contributed by atoms with van der Waals surface area (Å²) in [7, 11) is 3.89. The first-order chi connectivity index (χ1) is 12.5. The SMILES string of the molecule is CCOc1ccc(-c2ccc(=O)n(CCC(=O)NCCN(C)C)n2)cc1. The molecule has 140 valence electrons. The predicted octanol–water partition coefficient (Wildman–Crippen LogP) is 1.38. The van der Waals surface area contributed by atoms with E-state index < -0.39 is 0 Å². The fourth-order valence-electron chi connectivity index (χ4n) is 2.37. The van der Waals surface area contributed by atoms with E-state index in [0.717, 1.165) is 17.9 Å². The number of rotatable bonds is 9. The number of amides is 1. The molecule has 2 rings (SSSR count). The zero-order valence-electron chi connectivity index (χ0n) is 15.6. The van der Waals surface area contributed by atoms with Gasteiger partial charge in [-0.05, 0) is 51.4 Å². The van der Waals surface area contributed by atoms with Crippen molar-refractivity contribution in [1.29, 1.82) is 0 Å². The van der Waals surface area contributed by atoms with Crippen LogP contribution < -0.4 is 15.6 Å². The van der Waals surface area contributed by atoms with Crippen molar-refractivity contribution >= 4 is 5.91 Å². The lowest BCUT2D eigenvalue weighted by atomic mass is 10.1. The quantitative estimate of drug-likeness (QED) is 0.733. The summed E-state index contributed by atoms with van der Waals surface area (Å²) in [5, 5.41) is 7.20. The first kappa shape index (κ1) is 19.7. The van der Waals surface area contributed by atoms with Gasteiger partial charge in [-0.25, -0.2) is 4.68 Å². The summed E-state index contributed by atoms with van der Waals surface area (Å²) in [6.07, 6.45) is 0.215. The lowest BCUT2D eigenvalue weighted by molar-refractivity contribution is -0.121. The normalized spacial score (nSPS) is 10.8. The van der Waals surface area contributed by atoms with E-state index in [4.69, 9.17) is 4.74 Å². The molecule has 1 aromatic heterocycles. The Kier molecular flexibility index (Phi) is 7.35. The van der Waals surface area contributed by atoms with Gasteiger partial charge in [0.2, 0.25) is 5.91 Å². The maximum absolute atomic E-state index is 12.0. The Morgan fingerprint density at radius 3 is 2.58 bits per heavy atom. The predicted molar refractivity (Wildman–Crippen MR) is 101 cm³/mol. The molecule has 2 aromatic rings. The minimum Gasteiger partial charge on any atom is -0.494 e. The van der Waals surface area contributed by atoms with Crippen molar-refractivity contribution in [3.63, 3.8) is 0 Å². The van der Waals surface area contributed by atoms with Gasteiger partial charge in [-0.1, -0.05) is 0 Å². The van der Waals surface area contributed by atoms with E-state index in [9.17, 15) is 9.59 Å². The standard InChI is InChI=1S/C19H26N4O3/c1-4-26-16-7-5-15(6-8-16)17-9-10-19(25)23(21-17)13-11-18(24)20-12-14-22(2)3/h5-10H,4,11-14H2,1-3H3,(H,20,24). The summed E-state index contributed by atoms with van der Waals surface area (Å²) in [6.45, 7) is 4.15. The van der Waals surface area contributed by atoms with Crippen molar-refractivity contribution in [2.75, 3.05) is 33.8 Å². The Morgan fingerprint density at radius 2 is 1.92 bits per heavy atom. The number of carbonyl (C=O) groups is 1. The van der Waals surface area contributed by atoms with E-state index in [2.05, 4.69) is 10.4 Å². The number of likely N-dealkylation sites (N-methyl/N-ethyl adjacent to an activating group) is 1. The van der Waals surface area contributed by atoms with E-state index in [1.54, 1.807) is 6.07 Å². The zero-order chi connectivity index (χ0) is 18.9. The van der Waals surface area contributed by atoms with Gasteiger partial charge in [0.1, 0.15) is 5.75 Å². The Labute approximate surface area is 153 Å². The Balaban J connectivity index is 2.00. The summed E-state index contributed by atoms with van der Waals surface area (Å²) in [5.74, 6) is 0.700. The molecule has 0 fully saturated rings. The molecule has 0 aliphatic rings. The summed E-state index contributed by atoms with van der Waals surface area (Å²) in [4.78, 5) is 25.9. The van der Waals surface area contributed by atoms with Crippen LogP contribution in [0.15, 0.2) is 41.2 Å². The first-order valence-corrected chi connectivity index (χ1v) is 8.72. The summed E-state index contributed by atoms with van der Waals surface area (Å²) in [5.41, 5.74) is 1.35. The molecule has 7 heteroatoms. The number of nitrogens with zero attached hydrogens (tertiary/aromatic N) is 3. The van der Waals surface area contributed by atoms with Gasteiger partial charge in [-0.3, -0.25) is 9.59 Å². The van der Waals surface area contributed by atoms with Crippen molar-refractivity contribution in [3.05, 3.63) is 46.8 Å². The molecule has 0 spiro atoms. The average molecular weight is 358 g/mol. The number of hydrogen-bond donors (Lipinski definition) is 1. The summed E-state index contributed by atoms with van der Waals surface area (Å²) in [6, 6.07) is 10.7. The third kappa shape index (κ3) is 6.00. The van der Waals surface area contributed by atoms with Crippen molar-refractivity contribution < 1.29 is 9.53 Å². The highest BCUT2D eigenvalue weighted by molar-refractivity contribution is 5.75. The number of hydrogen-bond acceptors (Lipinski definition) is 5. The molecule has 0 saturated carbocycles. The number of carbonyl (C=O) groups excluding carboxylic acids is 1. The minimum absolute atomic E-state index is 0.0907. The Bertz CT molecular complexity index is 769. The summed E-state index contributed by atoms with van der Waals surface area (Å²) >= 11 is 0. The lowest BCUT2D eigenvalue weighted by Gasteiger charge is -2.11. The molecular formula is C19H26N4O3. The number of benzene rings is 1. The van der Waals surface area contributed by atoms with E-state index in [1.807, 2.05) is 50.2 Å². The number of aromatic nitrogens is 2. The van der Waals surface area contributed by atoms with Crippen molar-refractivity contribution in [2.24, 2.45) is 0 Å². The highest BCUT2D eigenvalue weighted by Crippen LogP contribution is 2.19. The van der Waals surface area contributed by atoms with Crippen LogP contribution in [0.5, 0.6) is 5.75 Å². The molecule has 7 nitrogen and oxygen atoms in total. The van der Waals surface area contributed by atoms with Gasteiger partial charge in [-0.15, -0.1) is 0 Å². The maximum Gasteiger partial charge on any atom is 0.266 e. The van der Waals surface area contributed by atoms with E-state index >= 15 is 0 Å². The molecule has 1 heterocycles. The average Bonchev–Trinajstić information content (AvgIpc) is 2.62. The number of ether oxygens (including phenoxy) is 1. The van der Waals surface area contributed by atoms with Crippen LogP contribution in [0.2, 0.25) is 0 Å². The second-order valence-electron chi connectivity index (χ2n) is 6.14. The molecular weight excluding hydrogens is 332 g/mol. The van der Waals surface area contributed by atoms with Crippen LogP contribution in [0.4, 0.5) is 0 Å². The van der Waals surface area contributed by atoms with Gasteiger partial charge >= 0.3 is 0 Å². The van der Waals surface area contributed by atoms with Gasteiger partial charge in [0, 0.05) is 31.1 Å². The van der Waals surface area contributed by atoms with Gasteiger partial charge in [-0.2, -0.15) is 5.10 Å². The van der Waals surface area contributed by atoms with Crippen LogP contribution in [0, 0.1) is 0 Å². The van der Waals surface area contributed by atoms with Crippen LogP contribution in [0.25, 0.3) is 11.3 Å². The molecule has 0 radical (unpaired) electrons. The van der Waals surface area contributed by atoms with Crippen molar-refractivity contribution in [1.82, 2.24) is 20.0 Å². The van der Waals surface area contributed by atoms with E-state index in [0.29, 0.717) is 18.8 Å². The Morgan fingerprint density at radius 1 is 1.19 bits per heavy atom. The minimum atomic E-state index is -0.222. The van der Waals surface area contributed by atoms with Crippen molar-refractivity contribution in [3.8, 4) is 17.0 Å². The van der Waals surface area contributed by atoms with Gasteiger partial charge in [0.05, 0.1) is 18.8 Å². The highest BCUT2D eigenvalue weighted by Gasteiger charge is 2.07. The second-order valence-corrected chi connectivity index (χ2v) is 6.14. The second kappa shape index (κ2) is 9.72. The van der Waals surface area contributed by atoms with E-state index in [1.165, 1.54) is 10.7 Å². The smallest absolute Gasteiger partial charge is 0.266 e. The largest absolute Gasteiger partial charge is 0.494 e. The van der Waals surface area contributed by atoms with Gasteiger partial charge in [0.25, 0.3) is 5.56 Å². The molecule has 0 atom stereocenters. The monoisotopic (exact) mass is 358 g/mol. The molecule has 0 saturated heterocycles. The van der Waals surface area contributed by atoms with Crippen LogP contribution in [-0.4, -0.2) is 54.4 Å². The maximum atomic E-state index is 12.0. The molecule has 1 aromatic carbocycles. The van der Waals surface area contributed by atoms with Gasteiger partial charge < -0.3 is 15.0 Å². The Hall–Kier alpha value is -2.67. The first-order valence-electron chi connectivity index (χ1n) is 8.72. The molecule has 0 aliphatic carbocycles. The molecule has 0 aliphatic heterocycles. The third-order valence-corrected chi connectivity index (χ3v) is 3.76. The lowest BCUT2D eigenvalue weighted by Crippen LogP contribution is -2.33. The highest BCUT2D eigenvalue weighted by atomic mass is 16.5. The van der Waals surface area contributed by atoms with Crippen LogP contribution in [-0.2, 0) is 11.3 Å². The number of aryl methyl sites for hydroxylation is 1. The third-order valence-electron chi connectivity index (χ3n) is 3.76. The van der Waals surface area contributed by atoms with Crippen molar-refractivity contribution in [2.45, 2.75) is 19.9 Å². The van der Waals surface area contributed by atoms with E-state index in [-0.39, 0.29) is 24.4 Å². The zero-order valence-corrected chi connectivity index (χ0v) is 15.6. The fourth-order valence-corrected chi connectivity index (χ4v) is 2.37. The summed E-state index contributed by atoms with van der Waals surface area (Å²) < 4.78 is 6.76. The van der Waals surface area contributed by atoms with Gasteiger partial charge in [0.15, 0.2) is 0 Å². The molecule has 26 heavy (non-hydrogen) atoms. The topological polar surface area (TPSA) is 76.5 Å². The molecule has 0 unspecified atom stereocenters. The fraction of sp³-hybridized carbons (Fsp3) is 0.421.